The van der Waals surface area contributed by atoms with Crippen LogP contribution < -0.4 is 0 Å². The van der Waals surface area contributed by atoms with Crippen molar-refractivity contribution in [1.82, 2.24) is 14.5 Å². The summed E-state index contributed by atoms with van der Waals surface area (Å²) in [5.74, 6) is 1.30. The maximum absolute atomic E-state index is 6.01. The molecule has 92 valence electrons. The standard InChI is InChI=1S/C13H12ClN3S/c1-9(13-15-6-7-18-13)17-11-5-3-2-4-10(11)16-12(17)8-14/h2-7,9H,8H2,1H3. The van der Waals surface area contributed by atoms with Gasteiger partial charge in [0.2, 0.25) is 0 Å². The summed E-state index contributed by atoms with van der Waals surface area (Å²) in [6.45, 7) is 2.13. The third kappa shape index (κ3) is 1.82. The fraction of sp³-hybridized carbons (Fsp3) is 0.231. The van der Waals surface area contributed by atoms with Crippen molar-refractivity contribution in [2.45, 2.75) is 18.8 Å². The fourth-order valence-electron chi connectivity index (χ4n) is 2.17. The second kappa shape index (κ2) is 4.71. The van der Waals surface area contributed by atoms with Crippen molar-refractivity contribution in [2.24, 2.45) is 0 Å². The normalized spacial score (nSPS) is 13.0. The summed E-state index contributed by atoms with van der Waals surface area (Å²) in [5.41, 5.74) is 2.09. The first-order valence-electron chi connectivity index (χ1n) is 5.72. The average molecular weight is 278 g/mol. The molecule has 0 spiro atoms. The third-order valence-electron chi connectivity index (χ3n) is 2.98. The molecule has 0 bridgehead atoms. The van der Waals surface area contributed by atoms with Crippen LogP contribution in [-0.2, 0) is 5.88 Å². The number of alkyl halides is 1. The number of hydrogen-bond acceptors (Lipinski definition) is 3. The zero-order valence-corrected chi connectivity index (χ0v) is 11.4. The van der Waals surface area contributed by atoms with Gasteiger partial charge in [0, 0.05) is 11.6 Å². The minimum absolute atomic E-state index is 0.158. The number of rotatable bonds is 3. The summed E-state index contributed by atoms with van der Waals surface area (Å²) in [4.78, 5) is 8.95. The number of thiazole rings is 1. The lowest BCUT2D eigenvalue weighted by atomic mass is 10.3. The van der Waals surface area contributed by atoms with Crippen LogP contribution in [0, 0.1) is 0 Å². The van der Waals surface area contributed by atoms with Crippen molar-refractivity contribution in [3.8, 4) is 0 Å². The van der Waals surface area contributed by atoms with Crippen molar-refractivity contribution in [3.05, 3.63) is 46.7 Å². The van der Waals surface area contributed by atoms with Gasteiger partial charge in [0.1, 0.15) is 10.8 Å². The SMILES string of the molecule is CC(c1nccs1)n1c(CCl)nc2ccccc21. The Morgan fingerprint density at radius 2 is 2.22 bits per heavy atom. The molecule has 3 aromatic rings. The molecule has 0 saturated heterocycles. The molecule has 2 heterocycles. The zero-order valence-electron chi connectivity index (χ0n) is 9.88. The second-order valence-corrected chi connectivity index (χ2v) is 5.26. The van der Waals surface area contributed by atoms with E-state index >= 15 is 0 Å². The lowest BCUT2D eigenvalue weighted by Crippen LogP contribution is -2.09. The number of benzene rings is 1. The molecule has 5 heteroatoms. The Hall–Kier alpha value is -1.39. The highest BCUT2D eigenvalue weighted by atomic mass is 35.5. The van der Waals surface area contributed by atoms with Crippen LogP contribution >= 0.6 is 22.9 Å². The van der Waals surface area contributed by atoms with Gasteiger partial charge in [-0.15, -0.1) is 22.9 Å². The molecule has 18 heavy (non-hydrogen) atoms. The molecular formula is C13H12ClN3S. The minimum Gasteiger partial charge on any atom is -0.317 e. The van der Waals surface area contributed by atoms with E-state index in [0.717, 1.165) is 21.9 Å². The maximum Gasteiger partial charge on any atom is 0.125 e. The number of nitrogens with zero attached hydrogens (tertiary/aromatic N) is 3. The number of imidazole rings is 1. The lowest BCUT2D eigenvalue weighted by Gasteiger charge is -2.14. The van der Waals surface area contributed by atoms with Gasteiger partial charge >= 0.3 is 0 Å². The predicted octanol–water partition coefficient (Wildman–Crippen LogP) is 3.84. The highest BCUT2D eigenvalue weighted by molar-refractivity contribution is 7.09. The van der Waals surface area contributed by atoms with Gasteiger partial charge in [-0.1, -0.05) is 12.1 Å². The van der Waals surface area contributed by atoms with Crippen LogP contribution in [-0.4, -0.2) is 14.5 Å². The van der Waals surface area contributed by atoms with Crippen molar-refractivity contribution in [1.29, 1.82) is 0 Å². The lowest BCUT2D eigenvalue weighted by molar-refractivity contribution is 0.630. The Bertz CT molecular complexity index is 660. The first kappa shape index (κ1) is 11.7. The van der Waals surface area contributed by atoms with E-state index in [2.05, 4.69) is 27.5 Å². The molecule has 3 rings (SSSR count). The number of fused-ring (bicyclic) bond motifs is 1. The number of aromatic nitrogens is 3. The monoisotopic (exact) mass is 277 g/mol. The van der Waals surface area contributed by atoms with Gasteiger partial charge in [-0.3, -0.25) is 0 Å². The van der Waals surface area contributed by atoms with Crippen LogP contribution in [0.2, 0.25) is 0 Å². The second-order valence-electron chi connectivity index (χ2n) is 4.07. The smallest absolute Gasteiger partial charge is 0.125 e. The van der Waals surface area contributed by atoms with Crippen molar-refractivity contribution in [2.75, 3.05) is 0 Å². The van der Waals surface area contributed by atoms with Crippen LogP contribution in [0.5, 0.6) is 0 Å². The molecule has 3 nitrogen and oxygen atoms in total. The molecule has 2 aromatic heterocycles. The van der Waals surface area contributed by atoms with Gasteiger partial charge < -0.3 is 4.57 Å². The van der Waals surface area contributed by atoms with Crippen LogP contribution in [0.15, 0.2) is 35.8 Å². The minimum atomic E-state index is 0.158. The summed E-state index contributed by atoms with van der Waals surface area (Å²) < 4.78 is 2.17. The molecule has 0 radical (unpaired) electrons. The molecule has 0 aliphatic carbocycles. The molecule has 1 unspecified atom stereocenters. The summed E-state index contributed by atoms with van der Waals surface area (Å²) in [6.07, 6.45) is 1.83. The van der Waals surface area contributed by atoms with Gasteiger partial charge in [0.25, 0.3) is 0 Å². The molecule has 0 N–H and O–H groups in total. The van der Waals surface area contributed by atoms with Gasteiger partial charge in [0.05, 0.1) is 23.0 Å². The largest absolute Gasteiger partial charge is 0.317 e. The fourth-order valence-corrected chi connectivity index (χ4v) is 3.05. The Kier molecular flexibility index (Phi) is 3.06. The van der Waals surface area contributed by atoms with E-state index in [1.807, 2.05) is 29.8 Å². The van der Waals surface area contributed by atoms with E-state index in [4.69, 9.17) is 11.6 Å². The van der Waals surface area contributed by atoms with Crippen molar-refractivity contribution in [3.63, 3.8) is 0 Å². The molecule has 0 aliphatic rings. The van der Waals surface area contributed by atoms with Crippen LogP contribution in [0.25, 0.3) is 11.0 Å². The number of hydrogen-bond donors (Lipinski definition) is 0. The molecule has 0 fully saturated rings. The van der Waals surface area contributed by atoms with Crippen molar-refractivity contribution >= 4 is 34.0 Å². The third-order valence-corrected chi connectivity index (χ3v) is 4.17. The van der Waals surface area contributed by atoms with E-state index in [-0.39, 0.29) is 6.04 Å². The van der Waals surface area contributed by atoms with E-state index in [1.54, 1.807) is 11.3 Å². The zero-order chi connectivity index (χ0) is 12.5. The van der Waals surface area contributed by atoms with Gasteiger partial charge in [-0.05, 0) is 19.1 Å². The Morgan fingerprint density at radius 1 is 1.39 bits per heavy atom. The number of halogens is 1. The molecule has 1 aromatic carbocycles. The first-order valence-corrected chi connectivity index (χ1v) is 7.14. The number of para-hydroxylation sites is 2. The molecular weight excluding hydrogens is 266 g/mol. The van der Waals surface area contributed by atoms with Crippen LogP contribution in [0.3, 0.4) is 0 Å². The van der Waals surface area contributed by atoms with Crippen LogP contribution in [0.4, 0.5) is 0 Å². The summed E-state index contributed by atoms with van der Waals surface area (Å²) in [6, 6.07) is 8.25. The Balaban J connectivity index is 2.20. The first-order chi connectivity index (χ1) is 8.81. The average Bonchev–Trinajstić information content (AvgIpc) is 3.04. The summed E-state index contributed by atoms with van der Waals surface area (Å²) in [7, 11) is 0. The predicted molar refractivity (Wildman–Crippen MR) is 75.2 cm³/mol. The molecule has 0 saturated carbocycles. The highest BCUT2D eigenvalue weighted by Crippen LogP contribution is 2.27. The maximum atomic E-state index is 6.01. The van der Waals surface area contributed by atoms with E-state index in [0.29, 0.717) is 5.88 Å². The molecule has 1 atom stereocenters. The van der Waals surface area contributed by atoms with Gasteiger partial charge in [0.15, 0.2) is 0 Å². The molecule has 0 amide bonds. The van der Waals surface area contributed by atoms with Crippen molar-refractivity contribution < 1.29 is 0 Å². The molecule has 0 aliphatic heterocycles. The van der Waals surface area contributed by atoms with Gasteiger partial charge in [-0.25, -0.2) is 9.97 Å². The summed E-state index contributed by atoms with van der Waals surface area (Å²) in [5, 5.41) is 3.07. The van der Waals surface area contributed by atoms with E-state index in [9.17, 15) is 0 Å². The quantitative estimate of drug-likeness (QED) is 0.681. The Morgan fingerprint density at radius 3 is 2.94 bits per heavy atom. The summed E-state index contributed by atoms with van der Waals surface area (Å²) >= 11 is 7.66. The Labute approximate surface area is 114 Å². The van der Waals surface area contributed by atoms with Crippen LogP contribution in [0.1, 0.15) is 23.8 Å². The highest BCUT2D eigenvalue weighted by Gasteiger charge is 2.17. The van der Waals surface area contributed by atoms with Gasteiger partial charge in [-0.2, -0.15) is 0 Å². The van der Waals surface area contributed by atoms with E-state index < -0.39 is 0 Å². The van der Waals surface area contributed by atoms with E-state index in [1.165, 1.54) is 0 Å². The topological polar surface area (TPSA) is 30.7 Å².